The molecule has 6 rings (SSSR count). The van der Waals surface area contributed by atoms with Gasteiger partial charge in [0.2, 0.25) is 0 Å². The average Bonchev–Trinajstić information content (AvgIpc) is 3.68. The van der Waals surface area contributed by atoms with E-state index >= 15 is 4.39 Å². The lowest BCUT2D eigenvalue weighted by atomic mass is 9.82. The summed E-state index contributed by atoms with van der Waals surface area (Å²) in [5, 5.41) is 23.1. The number of aromatic hydroxyl groups is 1. The van der Waals surface area contributed by atoms with Crippen LogP contribution in [0.2, 0.25) is 0 Å². The molecule has 3 aromatic rings. The first-order valence-electron chi connectivity index (χ1n) is 13.9. The first-order chi connectivity index (χ1) is 18.8. The van der Waals surface area contributed by atoms with Crippen LogP contribution in [0.5, 0.6) is 5.75 Å². The zero-order chi connectivity index (χ0) is 28.4. The van der Waals surface area contributed by atoms with Gasteiger partial charge in [-0.05, 0) is 75.9 Å². The zero-order valence-corrected chi connectivity index (χ0v) is 21.4. The number of hydrogen-bond acceptors (Lipinski definition) is 8. The lowest BCUT2D eigenvalue weighted by molar-refractivity contribution is 0.0831. The van der Waals surface area contributed by atoms with Gasteiger partial charge in [-0.3, -0.25) is 0 Å². The Balaban J connectivity index is 1.26. The number of fused-ring (bicyclic) bond motifs is 2. The average molecular weight is 528 g/mol. The first kappa shape index (κ1) is 21.1. The van der Waals surface area contributed by atoms with E-state index in [1.807, 2.05) is 6.92 Å². The van der Waals surface area contributed by atoms with Crippen LogP contribution in [0, 0.1) is 5.82 Å². The van der Waals surface area contributed by atoms with E-state index in [2.05, 4.69) is 37.3 Å². The summed E-state index contributed by atoms with van der Waals surface area (Å²) in [5.74, 6) is -0.142. The second-order valence-electron chi connectivity index (χ2n) is 10.9. The molecule has 7 nitrogen and oxygen atoms in total. The summed E-state index contributed by atoms with van der Waals surface area (Å²) in [6.07, 6.45) is 3.48. The number of piperidine rings is 1. The number of phenols is 1. The molecule has 3 fully saturated rings. The fourth-order valence-corrected chi connectivity index (χ4v) is 6.30. The van der Waals surface area contributed by atoms with Gasteiger partial charge in [0.15, 0.2) is 11.6 Å². The molecule has 1 saturated carbocycles. The molecule has 0 amide bonds. The minimum absolute atomic E-state index is 0.108. The van der Waals surface area contributed by atoms with Crippen molar-refractivity contribution in [1.29, 1.82) is 0 Å². The number of aromatic nitrogens is 4. The monoisotopic (exact) mass is 527 g/mol. The molecule has 1 aromatic carbocycles. The number of benzene rings is 1. The highest BCUT2D eigenvalue weighted by Crippen LogP contribution is 2.48. The molecule has 0 spiro atoms. The minimum atomic E-state index is -2.33. The SMILES string of the molecule is [2H]C([2H])([2H])Sc1cc(-c2ccc(-c3ncc(N(C4CC4)[C@H]4C[C@]5(C)CC[C@@](C)(N5)[C@H]4F)nn3)c(O)c2)c(F)cn1. The molecule has 37 heavy (non-hydrogen) atoms. The van der Waals surface area contributed by atoms with Crippen LogP contribution in [0.25, 0.3) is 22.5 Å². The fraction of sp³-hybridized carbons (Fsp3) is 0.481. The molecular formula is C27H30F2N6OS. The number of halogens is 2. The number of hydrogen-bond donors (Lipinski definition) is 2. The van der Waals surface area contributed by atoms with Crippen LogP contribution in [-0.2, 0) is 0 Å². The van der Waals surface area contributed by atoms with E-state index in [1.54, 1.807) is 18.3 Å². The first-order valence-corrected chi connectivity index (χ1v) is 13.3. The van der Waals surface area contributed by atoms with Gasteiger partial charge in [-0.15, -0.1) is 22.0 Å². The summed E-state index contributed by atoms with van der Waals surface area (Å²) in [6, 6.07) is 5.72. The number of nitrogens with one attached hydrogen (secondary N) is 1. The van der Waals surface area contributed by atoms with Gasteiger partial charge >= 0.3 is 0 Å². The Labute approximate surface area is 223 Å². The standard InChI is InChI=1S/C27H30F2N6OS/c1-26-8-9-27(2,34-26)24(29)20(12-26)35(16-5-6-16)22-14-31-25(33-32-22)17-7-4-15(10-21(17)36)18-11-23(37-3)30-13-19(18)28/h4,7,10-11,13-14,16,20,24,34,36H,5-6,8-9,12H2,1-3H3/t20-,24-,26-,27+/m0/s1/i3D3. The molecule has 2 aromatic heterocycles. The molecule has 2 bridgehead atoms. The second-order valence-corrected chi connectivity index (χ2v) is 11.5. The predicted molar refractivity (Wildman–Crippen MR) is 140 cm³/mol. The van der Waals surface area contributed by atoms with E-state index in [4.69, 9.17) is 4.11 Å². The Morgan fingerprint density at radius 3 is 2.68 bits per heavy atom. The number of anilines is 1. The number of rotatable bonds is 6. The Kier molecular flexibility index (Phi) is 5.06. The largest absolute Gasteiger partial charge is 0.507 e. The molecular weight excluding hydrogens is 494 g/mol. The van der Waals surface area contributed by atoms with Gasteiger partial charge in [-0.1, -0.05) is 6.07 Å². The molecule has 4 heterocycles. The van der Waals surface area contributed by atoms with Crippen LogP contribution in [0.1, 0.15) is 50.1 Å². The molecule has 194 valence electrons. The van der Waals surface area contributed by atoms with Crippen LogP contribution in [0.4, 0.5) is 14.6 Å². The van der Waals surface area contributed by atoms with Crippen molar-refractivity contribution in [2.75, 3.05) is 11.1 Å². The lowest BCUT2D eigenvalue weighted by Gasteiger charge is -2.48. The maximum Gasteiger partial charge on any atom is 0.185 e. The molecule has 3 aliphatic rings. The Hall–Kier alpha value is -2.85. The van der Waals surface area contributed by atoms with Crippen LogP contribution >= 0.6 is 11.8 Å². The topological polar surface area (TPSA) is 87.1 Å². The second kappa shape index (κ2) is 8.87. The van der Waals surface area contributed by atoms with E-state index in [0.29, 0.717) is 35.1 Å². The Morgan fingerprint density at radius 2 is 1.97 bits per heavy atom. The smallest absolute Gasteiger partial charge is 0.185 e. The molecule has 2 N–H and O–H groups in total. The number of alkyl halides is 1. The van der Waals surface area contributed by atoms with Crippen molar-refractivity contribution < 1.29 is 18.0 Å². The molecule has 2 aliphatic heterocycles. The van der Waals surface area contributed by atoms with Crippen molar-refractivity contribution in [1.82, 2.24) is 25.5 Å². The third-order valence-corrected chi connectivity index (χ3v) is 8.42. The normalized spacial score (nSPS) is 30.4. The summed E-state index contributed by atoms with van der Waals surface area (Å²) in [6.45, 7) is 4.12. The van der Waals surface area contributed by atoms with Gasteiger partial charge in [-0.25, -0.2) is 18.7 Å². The van der Waals surface area contributed by atoms with Gasteiger partial charge < -0.3 is 15.3 Å². The van der Waals surface area contributed by atoms with Crippen molar-refractivity contribution in [2.45, 2.75) is 80.3 Å². The highest BCUT2D eigenvalue weighted by Gasteiger charge is 2.58. The maximum atomic E-state index is 15.9. The highest BCUT2D eigenvalue weighted by atomic mass is 32.2. The summed E-state index contributed by atoms with van der Waals surface area (Å²) in [5.41, 5.74) is 0.0613. The Bertz CT molecular complexity index is 1440. The van der Waals surface area contributed by atoms with Crippen molar-refractivity contribution in [2.24, 2.45) is 0 Å². The summed E-state index contributed by atoms with van der Waals surface area (Å²) in [4.78, 5) is 10.4. The van der Waals surface area contributed by atoms with Crippen molar-refractivity contribution in [3.8, 4) is 28.3 Å². The van der Waals surface area contributed by atoms with Gasteiger partial charge in [0.1, 0.15) is 17.7 Å². The van der Waals surface area contributed by atoms with Crippen LogP contribution in [0.3, 0.4) is 0 Å². The predicted octanol–water partition coefficient (Wildman–Crippen LogP) is 5.15. The number of nitrogens with zero attached hydrogens (tertiary/aromatic N) is 5. The van der Waals surface area contributed by atoms with Crippen molar-refractivity contribution in [3.63, 3.8) is 0 Å². The molecule has 10 heteroatoms. The Morgan fingerprint density at radius 1 is 1.14 bits per heavy atom. The number of thioether (sulfide) groups is 1. The minimum Gasteiger partial charge on any atom is -0.507 e. The molecule has 4 atom stereocenters. The van der Waals surface area contributed by atoms with E-state index in [9.17, 15) is 9.50 Å². The van der Waals surface area contributed by atoms with E-state index in [1.165, 1.54) is 12.1 Å². The molecule has 1 aliphatic carbocycles. The summed E-state index contributed by atoms with van der Waals surface area (Å²) < 4.78 is 52.6. The molecule has 0 radical (unpaired) electrons. The van der Waals surface area contributed by atoms with Gasteiger partial charge in [0, 0.05) is 26.8 Å². The fourth-order valence-electron chi connectivity index (χ4n) is 6.02. The number of phenolic OH excluding ortho intramolecular Hbond substituents is 1. The van der Waals surface area contributed by atoms with E-state index in [0.717, 1.165) is 31.9 Å². The van der Waals surface area contributed by atoms with Crippen LogP contribution in [0.15, 0.2) is 41.7 Å². The third-order valence-electron chi connectivity index (χ3n) is 7.99. The molecule has 2 saturated heterocycles. The van der Waals surface area contributed by atoms with Crippen molar-refractivity contribution >= 4 is 17.6 Å². The quantitative estimate of drug-likeness (QED) is 0.426. The van der Waals surface area contributed by atoms with Gasteiger partial charge in [0.25, 0.3) is 0 Å². The lowest BCUT2D eigenvalue weighted by Crippen LogP contribution is -2.66. The number of pyridine rings is 1. The van der Waals surface area contributed by atoms with Crippen molar-refractivity contribution in [3.05, 3.63) is 42.5 Å². The van der Waals surface area contributed by atoms with E-state index < -0.39 is 23.7 Å². The third kappa shape index (κ3) is 4.33. The zero-order valence-electron chi connectivity index (χ0n) is 23.6. The van der Waals surface area contributed by atoms with E-state index in [-0.39, 0.29) is 39.8 Å². The summed E-state index contributed by atoms with van der Waals surface area (Å²) >= 11 is 0.546. The summed E-state index contributed by atoms with van der Waals surface area (Å²) in [7, 11) is 0. The van der Waals surface area contributed by atoms with Gasteiger partial charge in [-0.2, -0.15) is 0 Å². The highest BCUT2D eigenvalue weighted by molar-refractivity contribution is 7.98. The van der Waals surface area contributed by atoms with Gasteiger partial charge in [0.05, 0.1) is 29.0 Å². The molecule has 0 unspecified atom stereocenters. The maximum absolute atomic E-state index is 15.9. The van der Waals surface area contributed by atoms with Crippen LogP contribution < -0.4 is 10.2 Å². The van der Waals surface area contributed by atoms with Crippen LogP contribution in [-0.4, -0.2) is 60.8 Å².